The first-order valence-corrected chi connectivity index (χ1v) is 11.4. The molecule has 0 fully saturated rings. The molecule has 0 aliphatic carbocycles. The van der Waals surface area contributed by atoms with Crippen LogP contribution < -0.4 is 0 Å². The van der Waals surface area contributed by atoms with Crippen LogP contribution in [0.4, 0.5) is 13.2 Å². The topological polar surface area (TPSA) is 75.3 Å². The number of benzene rings is 3. The monoisotopic (exact) mass is 494 g/mol. The zero-order valence-corrected chi connectivity index (χ0v) is 20.0. The first kappa shape index (κ1) is 25.2. The summed E-state index contributed by atoms with van der Waals surface area (Å²) < 4.78 is 42.9. The molecule has 3 aromatic carbocycles. The van der Waals surface area contributed by atoms with Gasteiger partial charge in [0.2, 0.25) is 0 Å². The third-order valence-corrected chi connectivity index (χ3v) is 6.00. The Kier molecular flexibility index (Phi) is 6.49. The van der Waals surface area contributed by atoms with Crippen molar-refractivity contribution in [3.8, 4) is 28.2 Å². The van der Waals surface area contributed by atoms with Crippen LogP contribution in [0.3, 0.4) is 0 Å². The van der Waals surface area contributed by atoms with Crippen LogP contribution in [0.2, 0.25) is 0 Å². The fourth-order valence-corrected chi connectivity index (χ4v) is 4.09. The lowest BCUT2D eigenvalue weighted by atomic mass is 9.96. The molecular weight excluding hydrogens is 469 g/mol. The highest BCUT2D eigenvalue weighted by Gasteiger charge is 2.35. The largest absolute Gasteiger partial charge is 0.478 e. The minimum absolute atomic E-state index is 0.0628. The number of imidazole rings is 1. The molecule has 1 aromatic heterocycles. The molecule has 0 unspecified atom stereocenters. The highest BCUT2D eigenvalue weighted by molar-refractivity contribution is 5.89. The first-order chi connectivity index (χ1) is 16.9. The average Bonchev–Trinajstić information content (AvgIpc) is 3.29. The average molecular weight is 495 g/mol. The lowest BCUT2D eigenvalue weighted by Crippen LogP contribution is -2.15. The molecular formula is C28H25F3N2O3. The predicted molar refractivity (Wildman–Crippen MR) is 131 cm³/mol. The summed E-state index contributed by atoms with van der Waals surface area (Å²) in [6.07, 6.45) is -2.41. The number of aryl methyl sites for hydroxylation is 1. The van der Waals surface area contributed by atoms with Crippen molar-refractivity contribution in [2.24, 2.45) is 0 Å². The summed E-state index contributed by atoms with van der Waals surface area (Å²) in [5.41, 5.74) is 1.31. The second-order valence-corrected chi connectivity index (χ2v) is 9.00. The first-order valence-electron chi connectivity index (χ1n) is 11.4. The van der Waals surface area contributed by atoms with E-state index in [0.29, 0.717) is 12.1 Å². The molecule has 0 spiro atoms. The van der Waals surface area contributed by atoms with Crippen molar-refractivity contribution in [3.63, 3.8) is 0 Å². The van der Waals surface area contributed by atoms with Crippen molar-refractivity contribution in [1.82, 2.24) is 9.55 Å². The van der Waals surface area contributed by atoms with Gasteiger partial charge < -0.3 is 10.2 Å². The SMILES string of the molecule is CCc1cc(C(=O)O)ccc1-c1ccc(-n2cc(C(C)(C)O)nc2-c2ccccc2C(F)(F)F)cc1. The fraction of sp³-hybridized carbons (Fsp3) is 0.214. The maximum Gasteiger partial charge on any atom is 0.417 e. The fourth-order valence-electron chi connectivity index (χ4n) is 4.09. The Bertz CT molecular complexity index is 1420. The van der Waals surface area contributed by atoms with Crippen LogP contribution >= 0.6 is 0 Å². The number of halogens is 3. The molecule has 0 saturated carbocycles. The number of aliphatic hydroxyl groups is 1. The molecule has 0 radical (unpaired) electrons. The summed E-state index contributed by atoms with van der Waals surface area (Å²) in [6, 6.07) is 17.3. The van der Waals surface area contributed by atoms with Gasteiger partial charge in [-0.1, -0.05) is 43.3 Å². The molecule has 0 saturated heterocycles. The highest BCUT2D eigenvalue weighted by Crippen LogP contribution is 2.38. The highest BCUT2D eigenvalue weighted by atomic mass is 19.4. The number of nitrogens with zero attached hydrogens (tertiary/aromatic N) is 2. The van der Waals surface area contributed by atoms with Gasteiger partial charge in [-0.25, -0.2) is 9.78 Å². The van der Waals surface area contributed by atoms with E-state index in [2.05, 4.69) is 4.98 Å². The van der Waals surface area contributed by atoms with Crippen LogP contribution in [-0.2, 0) is 18.2 Å². The Labute approximate surface area is 206 Å². The molecule has 0 aliphatic rings. The zero-order chi connectivity index (χ0) is 26.3. The van der Waals surface area contributed by atoms with Crippen molar-refractivity contribution in [2.45, 2.75) is 39.0 Å². The van der Waals surface area contributed by atoms with Crippen molar-refractivity contribution >= 4 is 5.97 Å². The predicted octanol–water partition coefficient (Wildman–Crippen LogP) is 6.71. The van der Waals surface area contributed by atoms with Crippen molar-refractivity contribution in [1.29, 1.82) is 0 Å². The Hall–Kier alpha value is -3.91. The molecule has 8 heteroatoms. The lowest BCUT2D eigenvalue weighted by molar-refractivity contribution is -0.137. The van der Waals surface area contributed by atoms with Crippen LogP contribution in [0.5, 0.6) is 0 Å². The van der Waals surface area contributed by atoms with E-state index in [1.54, 1.807) is 30.3 Å². The van der Waals surface area contributed by atoms with E-state index in [4.69, 9.17) is 0 Å². The van der Waals surface area contributed by atoms with E-state index in [1.807, 2.05) is 19.1 Å². The number of hydrogen-bond donors (Lipinski definition) is 2. The number of hydrogen-bond acceptors (Lipinski definition) is 3. The quantitative estimate of drug-likeness (QED) is 0.312. The second kappa shape index (κ2) is 9.28. The molecule has 36 heavy (non-hydrogen) atoms. The van der Waals surface area contributed by atoms with Gasteiger partial charge in [0.1, 0.15) is 11.4 Å². The van der Waals surface area contributed by atoms with E-state index in [1.165, 1.54) is 42.8 Å². The van der Waals surface area contributed by atoms with Gasteiger partial charge in [-0.05, 0) is 67.3 Å². The summed E-state index contributed by atoms with van der Waals surface area (Å²) >= 11 is 0. The van der Waals surface area contributed by atoms with Gasteiger partial charge in [-0.3, -0.25) is 4.57 Å². The minimum atomic E-state index is -4.58. The van der Waals surface area contributed by atoms with E-state index in [9.17, 15) is 28.2 Å². The van der Waals surface area contributed by atoms with Crippen LogP contribution in [0, 0.1) is 0 Å². The molecule has 5 nitrogen and oxygen atoms in total. The standard InChI is InChI=1S/C28H25F3N2O3/c1-4-17-15-19(26(34)35)11-14-21(17)18-9-12-20(13-10-18)33-16-24(27(2,3)36)32-25(33)22-7-5-6-8-23(22)28(29,30)31/h5-16,36H,4H2,1-3H3,(H,34,35). The van der Waals surface area contributed by atoms with E-state index < -0.39 is 23.3 Å². The molecule has 2 N–H and O–H groups in total. The summed E-state index contributed by atoms with van der Waals surface area (Å²) in [5, 5.41) is 19.8. The third kappa shape index (κ3) is 4.90. The van der Waals surface area contributed by atoms with Gasteiger partial charge in [0.05, 0.1) is 16.8 Å². The zero-order valence-electron chi connectivity index (χ0n) is 20.0. The molecule has 0 amide bonds. The molecule has 1 heterocycles. The smallest absolute Gasteiger partial charge is 0.417 e. The van der Waals surface area contributed by atoms with Gasteiger partial charge in [-0.2, -0.15) is 13.2 Å². The molecule has 4 rings (SSSR count). The number of carbonyl (C=O) groups is 1. The van der Waals surface area contributed by atoms with Gasteiger partial charge >= 0.3 is 12.1 Å². The molecule has 0 atom stereocenters. The van der Waals surface area contributed by atoms with Gasteiger partial charge in [0, 0.05) is 17.4 Å². The molecule has 4 aromatic rings. The summed E-state index contributed by atoms with van der Waals surface area (Å²) in [5.74, 6) is -0.936. The summed E-state index contributed by atoms with van der Waals surface area (Å²) in [7, 11) is 0. The van der Waals surface area contributed by atoms with E-state index in [-0.39, 0.29) is 22.6 Å². The van der Waals surface area contributed by atoms with Crippen molar-refractivity contribution in [3.05, 3.63) is 95.3 Å². The van der Waals surface area contributed by atoms with Gasteiger partial charge in [0.25, 0.3) is 0 Å². The van der Waals surface area contributed by atoms with Crippen LogP contribution in [0.15, 0.2) is 72.9 Å². The number of alkyl halides is 3. The number of aromatic nitrogens is 2. The van der Waals surface area contributed by atoms with Crippen LogP contribution in [0.1, 0.15) is 48.0 Å². The summed E-state index contributed by atoms with van der Waals surface area (Å²) in [4.78, 5) is 15.7. The van der Waals surface area contributed by atoms with E-state index in [0.717, 1.165) is 22.8 Å². The molecule has 186 valence electrons. The number of rotatable bonds is 6. The van der Waals surface area contributed by atoms with Crippen molar-refractivity contribution in [2.75, 3.05) is 0 Å². The van der Waals surface area contributed by atoms with Gasteiger partial charge in [-0.15, -0.1) is 0 Å². The van der Waals surface area contributed by atoms with Gasteiger partial charge in [0.15, 0.2) is 0 Å². The third-order valence-electron chi connectivity index (χ3n) is 6.00. The Balaban J connectivity index is 1.84. The summed E-state index contributed by atoms with van der Waals surface area (Å²) in [6.45, 7) is 4.98. The van der Waals surface area contributed by atoms with E-state index >= 15 is 0 Å². The maximum atomic E-state index is 13.8. The number of aromatic carboxylic acids is 1. The Morgan fingerprint density at radius 1 is 0.972 bits per heavy atom. The Morgan fingerprint density at radius 3 is 2.22 bits per heavy atom. The van der Waals surface area contributed by atoms with Crippen molar-refractivity contribution < 1.29 is 28.2 Å². The number of carboxylic acid groups (broad SMARTS) is 1. The Morgan fingerprint density at radius 2 is 1.64 bits per heavy atom. The lowest BCUT2D eigenvalue weighted by Gasteiger charge is -2.15. The van der Waals surface area contributed by atoms with Crippen LogP contribution in [-0.4, -0.2) is 25.7 Å². The minimum Gasteiger partial charge on any atom is -0.478 e. The molecule has 0 aliphatic heterocycles. The second-order valence-electron chi connectivity index (χ2n) is 9.00. The van der Waals surface area contributed by atoms with Crippen LogP contribution in [0.25, 0.3) is 28.2 Å². The maximum absolute atomic E-state index is 13.8. The molecule has 0 bridgehead atoms. The normalized spacial score (nSPS) is 12.1. The number of carboxylic acids is 1.